The number of rotatable bonds is 4. The average molecular weight is 264 g/mol. The number of hydrogen-bond acceptors (Lipinski definition) is 4. The van der Waals surface area contributed by atoms with E-state index in [-0.39, 0.29) is 0 Å². The number of nitrogens with two attached hydrogens (primary N) is 1. The van der Waals surface area contributed by atoms with Gasteiger partial charge >= 0.3 is 0 Å². The van der Waals surface area contributed by atoms with Gasteiger partial charge in [0.15, 0.2) is 0 Å². The molecule has 1 aliphatic rings. The highest BCUT2D eigenvalue weighted by molar-refractivity contribution is 5.39. The minimum Gasteiger partial charge on any atom is -0.390 e. The van der Waals surface area contributed by atoms with Crippen LogP contribution in [-0.2, 0) is 11.2 Å². The van der Waals surface area contributed by atoms with Crippen LogP contribution in [0.5, 0.6) is 0 Å². The van der Waals surface area contributed by atoms with Crippen LogP contribution in [0.2, 0.25) is 0 Å². The van der Waals surface area contributed by atoms with Crippen LogP contribution < -0.4 is 5.73 Å². The van der Waals surface area contributed by atoms with Crippen LogP contribution in [0.3, 0.4) is 0 Å². The van der Waals surface area contributed by atoms with E-state index in [1.165, 1.54) is 0 Å². The molecule has 1 saturated carbocycles. The molecule has 3 N–H and O–H groups in total. The van der Waals surface area contributed by atoms with Crippen molar-refractivity contribution in [3.63, 3.8) is 0 Å². The Morgan fingerprint density at radius 1 is 1.53 bits per heavy atom. The Morgan fingerprint density at radius 3 is 2.79 bits per heavy atom. The number of nitrogens with zero attached hydrogens (tertiary/aromatic N) is 1. The molecule has 19 heavy (non-hydrogen) atoms. The number of pyridine rings is 1. The molecule has 1 unspecified atom stereocenters. The van der Waals surface area contributed by atoms with Gasteiger partial charge in [0.05, 0.1) is 11.7 Å². The standard InChI is InChI=1S/C15H24N2O2/c1-11-5-7-15(19-2,8-6-11)13(18)10-12-4-3-9-17-14(12)16/h3-4,9,11,13,18H,5-8,10H2,1-2H3,(H2,16,17). The summed E-state index contributed by atoms with van der Waals surface area (Å²) in [5, 5.41) is 10.6. The van der Waals surface area contributed by atoms with Gasteiger partial charge in [0, 0.05) is 19.7 Å². The number of hydrogen-bond donors (Lipinski definition) is 2. The van der Waals surface area contributed by atoms with Crippen molar-refractivity contribution in [1.29, 1.82) is 0 Å². The molecule has 2 rings (SSSR count). The molecular weight excluding hydrogens is 240 g/mol. The fraction of sp³-hybridized carbons (Fsp3) is 0.667. The number of aliphatic hydroxyl groups is 1. The quantitative estimate of drug-likeness (QED) is 0.874. The van der Waals surface area contributed by atoms with Crippen molar-refractivity contribution in [3.8, 4) is 0 Å². The lowest BCUT2D eigenvalue weighted by atomic mass is 9.75. The molecule has 0 aliphatic heterocycles. The average Bonchev–Trinajstić information content (AvgIpc) is 2.42. The molecule has 1 aromatic rings. The van der Waals surface area contributed by atoms with Crippen LogP contribution in [0.15, 0.2) is 18.3 Å². The van der Waals surface area contributed by atoms with Crippen molar-refractivity contribution in [1.82, 2.24) is 4.98 Å². The van der Waals surface area contributed by atoms with Crippen molar-refractivity contribution >= 4 is 5.82 Å². The summed E-state index contributed by atoms with van der Waals surface area (Å²) in [7, 11) is 1.70. The zero-order valence-corrected chi connectivity index (χ0v) is 11.8. The van der Waals surface area contributed by atoms with Gasteiger partial charge in [-0.05, 0) is 43.2 Å². The maximum atomic E-state index is 10.6. The molecule has 0 saturated heterocycles. The Bertz CT molecular complexity index is 414. The van der Waals surface area contributed by atoms with Crippen LogP contribution in [0.1, 0.15) is 38.2 Å². The lowest BCUT2D eigenvalue weighted by Gasteiger charge is -2.41. The van der Waals surface area contributed by atoms with Gasteiger partial charge in [-0.1, -0.05) is 13.0 Å². The second kappa shape index (κ2) is 5.88. The molecule has 106 valence electrons. The fourth-order valence-corrected chi connectivity index (χ4v) is 2.94. The Morgan fingerprint density at radius 2 is 2.21 bits per heavy atom. The summed E-state index contributed by atoms with van der Waals surface area (Å²) < 4.78 is 5.69. The molecular formula is C15H24N2O2. The topological polar surface area (TPSA) is 68.4 Å². The molecule has 1 fully saturated rings. The summed E-state index contributed by atoms with van der Waals surface area (Å²) in [6.45, 7) is 2.26. The molecule has 1 atom stereocenters. The number of ether oxygens (including phenoxy) is 1. The zero-order valence-electron chi connectivity index (χ0n) is 11.8. The molecule has 4 nitrogen and oxygen atoms in total. The molecule has 0 radical (unpaired) electrons. The van der Waals surface area contributed by atoms with Crippen LogP contribution in [0, 0.1) is 5.92 Å². The highest BCUT2D eigenvalue weighted by Crippen LogP contribution is 2.38. The van der Waals surface area contributed by atoms with Gasteiger partial charge in [0.2, 0.25) is 0 Å². The summed E-state index contributed by atoms with van der Waals surface area (Å²) in [6.07, 6.45) is 5.66. The number of aromatic nitrogens is 1. The van der Waals surface area contributed by atoms with E-state index in [0.29, 0.717) is 12.2 Å². The second-order valence-electron chi connectivity index (χ2n) is 5.72. The Hall–Kier alpha value is -1.13. The van der Waals surface area contributed by atoms with Crippen molar-refractivity contribution in [3.05, 3.63) is 23.9 Å². The monoisotopic (exact) mass is 264 g/mol. The van der Waals surface area contributed by atoms with E-state index in [1.54, 1.807) is 13.3 Å². The van der Waals surface area contributed by atoms with Crippen LogP contribution in [0.25, 0.3) is 0 Å². The predicted molar refractivity (Wildman–Crippen MR) is 75.7 cm³/mol. The van der Waals surface area contributed by atoms with Crippen LogP contribution in [0.4, 0.5) is 5.82 Å². The van der Waals surface area contributed by atoms with E-state index in [2.05, 4.69) is 11.9 Å². The molecule has 1 aliphatic carbocycles. The van der Waals surface area contributed by atoms with Gasteiger partial charge in [0.25, 0.3) is 0 Å². The normalized spacial score (nSPS) is 29.1. The first-order valence-corrected chi connectivity index (χ1v) is 7.00. The third-order valence-electron chi connectivity index (χ3n) is 4.47. The van der Waals surface area contributed by atoms with Gasteiger partial charge in [0.1, 0.15) is 5.82 Å². The number of aliphatic hydroxyl groups excluding tert-OH is 1. The number of nitrogen functional groups attached to an aromatic ring is 1. The zero-order chi connectivity index (χ0) is 13.9. The van der Waals surface area contributed by atoms with E-state index in [9.17, 15) is 5.11 Å². The SMILES string of the molecule is COC1(C(O)Cc2cccnc2N)CCC(C)CC1. The van der Waals surface area contributed by atoms with Gasteiger partial charge in [-0.2, -0.15) is 0 Å². The molecule has 1 aromatic heterocycles. The Labute approximate surface area is 115 Å². The summed E-state index contributed by atoms with van der Waals surface area (Å²) in [6, 6.07) is 3.77. The molecule has 0 aromatic carbocycles. The fourth-order valence-electron chi connectivity index (χ4n) is 2.94. The maximum Gasteiger partial charge on any atom is 0.126 e. The lowest BCUT2D eigenvalue weighted by molar-refractivity contribution is -0.127. The van der Waals surface area contributed by atoms with Crippen molar-refractivity contribution in [2.24, 2.45) is 5.92 Å². The molecule has 1 heterocycles. The van der Waals surface area contributed by atoms with Crippen molar-refractivity contribution < 1.29 is 9.84 Å². The smallest absolute Gasteiger partial charge is 0.126 e. The first-order chi connectivity index (χ1) is 9.07. The van der Waals surface area contributed by atoms with E-state index < -0.39 is 11.7 Å². The Kier molecular flexibility index (Phi) is 4.42. The van der Waals surface area contributed by atoms with Crippen LogP contribution >= 0.6 is 0 Å². The minimum atomic E-state index is -0.531. The number of anilines is 1. The van der Waals surface area contributed by atoms with Gasteiger partial charge in [-0.15, -0.1) is 0 Å². The third kappa shape index (κ3) is 3.07. The molecule has 0 spiro atoms. The highest BCUT2D eigenvalue weighted by atomic mass is 16.5. The first kappa shape index (κ1) is 14.3. The van der Waals surface area contributed by atoms with E-state index in [4.69, 9.17) is 10.5 Å². The summed E-state index contributed by atoms with van der Waals surface area (Å²) in [5.41, 5.74) is 6.31. The Balaban J connectivity index is 2.09. The van der Waals surface area contributed by atoms with E-state index in [0.717, 1.165) is 37.2 Å². The first-order valence-electron chi connectivity index (χ1n) is 7.00. The van der Waals surface area contributed by atoms with Crippen LogP contribution in [-0.4, -0.2) is 28.9 Å². The maximum absolute atomic E-state index is 10.6. The third-order valence-corrected chi connectivity index (χ3v) is 4.47. The van der Waals surface area contributed by atoms with Gasteiger partial charge in [-0.3, -0.25) is 0 Å². The minimum absolute atomic E-state index is 0.422. The van der Waals surface area contributed by atoms with Crippen molar-refractivity contribution in [2.45, 2.75) is 50.7 Å². The van der Waals surface area contributed by atoms with E-state index >= 15 is 0 Å². The van der Waals surface area contributed by atoms with E-state index in [1.807, 2.05) is 12.1 Å². The van der Waals surface area contributed by atoms with Gasteiger partial charge in [-0.25, -0.2) is 4.98 Å². The summed E-state index contributed by atoms with van der Waals surface area (Å²) in [4.78, 5) is 4.06. The lowest BCUT2D eigenvalue weighted by Crippen LogP contribution is -2.48. The predicted octanol–water partition coefficient (Wildman–Crippen LogP) is 2.16. The second-order valence-corrected chi connectivity index (χ2v) is 5.72. The molecule has 4 heteroatoms. The largest absolute Gasteiger partial charge is 0.390 e. The van der Waals surface area contributed by atoms with Gasteiger partial charge < -0.3 is 15.6 Å². The number of methoxy groups -OCH3 is 1. The summed E-state index contributed by atoms with van der Waals surface area (Å²) >= 11 is 0. The van der Waals surface area contributed by atoms with Crippen molar-refractivity contribution in [2.75, 3.05) is 12.8 Å². The highest BCUT2D eigenvalue weighted by Gasteiger charge is 2.40. The summed E-state index contributed by atoms with van der Waals surface area (Å²) in [5.74, 6) is 1.22. The molecule has 0 bridgehead atoms. The molecule has 0 amide bonds.